The Morgan fingerprint density at radius 2 is 1.34 bits per heavy atom. The number of ketones is 2. The summed E-state index contributed by atoms with van der Waals surface area (Å²) in [6.45, 7) is 11.6. The van der Waals surface area contributed by atoms with Crippen LogP contribution in [0.25, 0.3) is 0 Å². The number of carboxylic acid groups (broad SMARTS) is 1. The second-order valence-electron chi connectivity index (χ2n) is 12.2. The van der Waals surface area contributed by atoms with Crippen LogP contribution in [-0.4, -0.2) is 41.8 Å². The van der Waals surface area contributed by atoms with E-state index in [-0.39, 0.29) is 43.0 Å². The van der Waals surface area contributed by atoms with Crippen molar-refractivity contribution < 1.29 is 33.8 Å². The van der Waals surface area contributed by atoms with Crippen LogP contribution in [0.2, 0.25) is 0 Å². The van der Waals surface area contributed by atoms with E-state index in [2.05, 4.69) is 0 Å². The lowest BCUT2D eigenvalue weighted by atomic mass is 9.62. The van der Waals surface area contributed by atoms with E-state index in [0.717, 1.165) is 11.1 Å². The SMILES string of the molecule is CCC(c1ccccc1)C(C(=O)OCCOc1ccc(C(=O)CC(=O)c2ccc(C)cc2)cc1)C(C(=O)O)C(C)(C)C(C)C. The number of carbonyl (C=O) groups excluding carboxylic acids is 3. The smallest absolute Gasteiger partial charge is 0.310 e. The summed E-state index contributed by atoms with van der Waals surface area (Å²) in [7, 11) is 0. The molecule has 0 saturated heterocycles. The molecule has 3 unspecified atom stereocenters. The molecule has 0 aliphatic rings. The highest BCUT2D eigenvalue weighted by Gasteiger charge is 2.49. The van der Waals surface area contributed by atoms with Crippen LogP contribution in [0.5, 0.6) is 5.75 Å². The molecule has 0 spiro atoms. The molecule has 0 bridgehead atoms. The Labute approximate surface area is 260 Å². The van der Waals surface area contributed by atoms with E-state index >= 15 is 0 Å². The van der Waals surface area contributed by atoms with Gasteiger partial charge in [-0.1, -0.05) is 94.8 Å². The summed E-state index contributed by atoms with van der Waals surface area (Å²) in [5, 5.41) is 10.4. The third-order valence-corrected chi connectivity index (χ3v) is 8.76. The molecule has 0 saturated carbocycles. The van der Waals surface area contributed by atoms with Crippen LogP contribution in [0, 0.1) is 30.1 Å². The van der Waals surface area contributed by atoms with Crippen molar-refractivity contribution in [1.82, 2.24) is 0 Å². The topological polar surface area (TPSA) is 107 Å². The van der Waals surface area contributed by atoms with Gasteiger partial charge in [-0.3, -0.25) is 19.2 Å². The zero-order valence-corrected chi connectivity index (χ0v) is 26.5. The molecule has 7 nitrogen and oxygen atoms in total. The van der Waals surface area contributed by atoms with Crippen molar-refractivity contribution in [2.75, 3.05) is 13.2 Å². The maximum Gasteiger partial charge on any atom is 0.310 e. The molecule has 0 amide bonds. The highest BCUT2D eigenvalue weighted by Crippen LogP contribution is 2.46. The molecule has 234 valence electrons. The van der Waals surface area contributed by atoms with E-state index in [1.165, 1.54) is 0 Å². The van der Waals surface area contributed by atoms with Crippen LogP contribution in [0.15, 0.2) is 78.9 Å². The number of aliphatic carboxylic acids is 1. The lowest BCUT2D eigenvalue weighted by Crippen LogP contribution is -2.46. The van der Waals surface area contributed by atoms with Gasteiger partial charge in [0, 0.05) is 11.1 Å². The van der Waals surface area contributed by atoms with E-state index in [1.54, 1.807) is 36.4 Å². The number of aryl methyl sites for hydroxylation is 1. The van der Waals surface area contributed by atoms with Gasteiger partial charge in [-0.05, 0) is 60.4 Å². The standard InChI is InChI=1S/C37H44O7/c1-7-30(26-11-9-8-10-12-26)33(34(35(40)41)37(5,6)24(2)3)36(42)44-22-21-43-29-19-17-28(18-20-29)32(39)23-31(38)27-15-13-25(4)14-16-27/h8-20,24,30,33-34H,7,21-23H2,1-6H3,(H,40,41). The highest BCUT2D eigenvalue weighted by molar-refractivity contribution is 6.13. The Kier molecular flexibility index (Phi) is 12.0. The largest absolute Gasteiger partial charge is 0.490 e. The highest BCUT2D eigenvalue weighted by atomic mass is 16.6. The minimum Gasteiger partial charge on any atom is -0.490 e. The first-order valence-electron chi connectivity index (χ1n) is 15.2. The maximum atomic E-state index is 13.7. The predicted octanol–water partition coefficient (Wildman–Crippen LogP) is 7.57. The lowest BCUT2D eigenvalue weighted by molar-refractivity contribution is -0.166. The zero-order chi connectivity index (χ0) is 32.4. The summed E-state index contributed by atoms with van der Waals surface area (Å²) in [6, 6.07) is 23.1. The number of benzene rings is 3. The number of Topliss-reactive ketones (excluding diaryl/α,β-unsaturated/α-hetero) is 2. The molecular weight excluding hydrogens is 556 g/mol. The third kappa shape index (κ3) is 8.65. The minimum absolute atomic E-state index is 0.00564. The minimum atomic E-state index is -1.02. The molecule has 0 aliphatic heterocycles. The molecule has 3 aromatic carbocycles. The zero-order valence-electron chi connectivity index (χ0n) is 26.5. The Morgan fingerprint density at radius 1 is 0.795 bits per heavy atom. The van der Waals surface area contributed by atoms with Gasteiger partial charge in [0.15, 0.2) is 11.6 Å². The Bertz CT molecular complexity index is 1410. The lowest BCUT2D eigenvalue weighted by Gasteiger charge is -2.41. The van der Waals surface area contributed by atoms with Crippen molar-refractivity contribution in [3.05, 3.63) is 101 Å². The second-order valence-corrected chi connectivity index (χ2v) is 12.2. The fraction of sp³-hybridized carbons (Fsp3) is 0.405. The molecule has 3 rings (SSSR count). The maximum absolute atomic E-state index is 13.7. The summed E-state index contributed by atoms with van der Waals surface area (Å²) in [6.07, 6.45) is 0.340. The van der Waals surface area contributed by atoms with Gasteiger partial charge in [-0.15, -0.1) is 0 Å². The van der Waals surface area contributed by atoms with Crippen molar-refractivity contribution in [3.63, 3.8) is 0 Å². The van der Waals surface area contributed by atoms with Gasteiger partial charge in [0.1, 0.15) is 19.0 Å². The molecule has 1 N–H and O–H groups in total. The molecule has 3 aromatic rings. The average molecular weight is 601 g/mol. The van der Waals surface area contributed by atoms with E-state index in [0.29, 0.717) is 23.3 Å². The first-order chi connectivity index (χ1) is 20.9. The van der Waals surface area contributed by atoms with Gasteiger partial charge in [-0.25, -0.2) is 0 Å². The quantitative estimate of drug-likeness (QED) is 0.0782. The van der Waals surface area contributed by atoms with Crippen LogP contribution >= 0.6 is 0 Å². The van der Waals surface area contributed by atoms with Crippen LogP contribution in [0.3, 0.4) is 0 Å². The fourth-order valence-electron chi connectivity index (χ4n) is 5.45. The van der Waals surface area contributed by atoms with E-state index in [1.807, 2.05) is 84.0 Å². The summed E-state index contributed by atoms with van der Waals surface area (Å²) in [5.74, 6) is -3.85. The summed E-state index contributed by atoms with van der Waals surface area (Å²) < 4.78 is 11.4. The van der Waals surface area contributed by atoms with Gasteiger partial charge in [0.05, 0.1) is 18.3 Å². The number of hydrogen-bond acceptors (Lipinski definition) is 6. The molecule has 7 heteroatoms. The first kappa shape index (κ1) is 34.2. The van der Waals surface area contributed by atoms with E-state index in [9.17, 15) is 24.3 Å². The number of rotatable bonds is 16. The number of carboxylic acids is 1. The van der Waals surface area contributed by atoms with E-state index < -0.39 is 29.2 Å². The summed E-state index contributed by atoms with van der Waals surface area (Å²) >= 11 is 0. The van der Waals surface area contributed by atoms with E-state index in [4.69, 9.17) is 9.47 Å². The molecule has 44 heavy (non-hydrogen) atoms. The Balaban J connectivity index is 1.65. The van der Waals surface area contributed by atoms with Crippen molar-refractivity contribution in [1.29, 1.82) is 0 Å². The van der Waals surface area contributed by atoms with Gasteiger partial charge < -0.3 is 14.6 Å². The van der Waals surface area contributed by atoms with Crippen LogP contribution in [0.4, 0.5) is 0 Å². The Morgan fingerprint density at radius 3 is 1.84 bits per heavy atom. The molecule has 0 heterocycles. The van der Waals surface area contributed by atoms with Crippen molar-refractivity contribution >= 4 is 23.5 Å². The molecule has 0 aromatic heterocycles. The van der Waals surface area contributed by atoms with Crippen molar-refractivity contribution in [2.24, 2.45) is 23.2 Å². The third-order valence-electron chi connectivity index (χ3n) is 8.76. The number of hydrogen-bond donors (Lipinski definition) is 1. The number of ether oxygens (including phenoxy) is 2. The molecule has 3 atom stereocenters. The first-order valence-corrected chi connectivity index (χ1v) is 15.2. The van der Waals surface area contributed by atoms with Gasteiger partial charge in [-0.2, -0.15) is 0 Å². The molecule has 0 aliphatic carbocycles. The normalized spacial score (nSPS) is 13.5. The van der Waals surface area contributed by atoms with Crippen LogP contribution in [0.1, 0.15) is 85.2 Å². The molecule has 0 fully saturated rings. The summed E-state index contributed by atoms with van der Waals surface area (Å²) in [4.78, 5) is 51.5. The molecule has 0 radical (unpaired) electrons. The number of carbonyl (C=O) groups is 4. The van der Waals surface area contributed by atoms with Crippen LogP contribution < -0.4 is 4.74 Å². The molecular formula is C37H44O7. The van der Waals surface area contributed by atoms with Crippen molar-refractivity contribution in [2.45, 2.75) is 60.3 Å². The van der Waals surface area contributed by atoms with Crippen LogP contribution in [-0.2, 0) is 14.3 Å². The van der Waals surface area contributed by atoms with Gasteiger partial charge in [0.2, 0.25) is 0 Å². The Hall–Kier alpha value is -4.26. The van der Waals surface area contributed by atoms with Gasteiger partial charge >= 0.3 is 11.9 Å². The monoisotopic (exact) mass is 600 g/mol. The fourth-order valence-corrected chi connectivity index (χ4v) is 5.45. The summed E-state index contributed by atoms with van der Waals surface area (Å²) in [5.41, 5.74) is 2.14. The van der Waals surface area contributed by atoms with Gasteiger partial charge in [0.25, 0.3) is 0 Å². The predicted molar refractivity (Wildman–Crippen MR) is 170 cm³/mol. The average Bonchev–Trinajstić information content (AvgIpc) is 2.99. The number of esters is 1. The second kappa shape index (κ2) is 15.5. The van der Waals surface area contributed by atoms with Crippen molar-refractivity contribution in [3.8, 4) is 5.75 Å².